The average Bonchev–Trinajstić information content (AvgIpc) is 2.12. The van der Waals surface area contributed by atoms with Gasteiger partial charge in [-0.15, -0.1) is 0 Å². The largest absolute Gasteiger partial charge is 0.291 e. The van der Waals surface area contributed by atoms with Gasteiger partial charge in [0.05, 0.1) is 0 Å². The lowest BCUT2D eigenvalue weighted by molar-refractivity contribution is 0.0318. The summed E-state index contributed by atoms with van der Waals surface area (Å²) >= 11 is 0. The first kappa shape index (κ1) is 10.5. The number of alkyl halides is 1. The van der Waals surface area contributed by atoms with Gasteiger partial charge < -0.3 is 0 Å². The fourth-order valence-corrected chi connectivity index (χ4v) is 1.81. The Bertz CT molecular complexity index is 361. The minimum Gasteiger partial charge on any atom is -0.291 e. The van der Waals surface area contributed by atoms with E-state index in [4.69, 9.17) is 0 Å². The molecular formula is C11H12F3N. The van der Waals surface area contributed by atoms with E-state index >= 15 is 0 Å². The van der Waals surface area contributed by atoms with Crippen molar-refractivity contribution in [1.29, 1.82) is 0 Å². The maximum atomic E-state index is 13.4. The summed E-state index contributed by atoms with van der Waals surface area (Å²) < 4.78 is 38.6. The van der Waals surface area contributed by atoms with Crippen molar-refractivity contribution in [1.82, 2.24) is 4.90 Å². The fourth-order valence-electron chi connectivity index (χ4n) is 1.81. The Labute approximate surface area is 86.5 Å². The third-order valence-corrected chi connectivity index (χ3v) is 2.83. The van der Waals surface area contributed by atoms with Gasteiger partial charge in [0, 0.05) is 30.8 Å². The molecule has 1 unspecified atom stereocenters. The van der Waals surface area contributed by atoms with Crippen LogP contribution in [0.5, 0.6) is 0 Å². The summed E-state index contributed by atoms with van der Waals surface area (Å²) in [7, 11) is 0. The van der Waals surface area contributed by atoms with E-state index in [2.05, 4.69) is 0 Å². The molecule has 0 bridgehead atoms. The van der Waals surface area contributed by atoms with Gasteiger partial charge in [0.2, 0.25) is 0 Å². The number of rotatable bonds is 2. The molecule has 15 heavy (non-hydrogen) atoms. The molecule has 1 aliphatic rings. The summed E-state index contributed by atoms with van der Waals surface area (Å²) in [6, 6.07) is 3.30. The molecule has 0 aromatic heterocycles. The van der Waals surface area contributed by atoms with Crippen molar-refractivity contribution in [2.24, 2.45) is 0 Å². The molecule has 2 rings (SSSR count). The molecule has 1 saturated heterocycles. The van der Waals surface area contributed by atoms with Crippen molar-refractivity contribution < 1.29 is 13.2 Å². The molecule has 82 valence electrons. The van der Waals surface area contributed by atoms with Gasteiger partial charge in [0.1, 0.15) is 17.8 Å². The average molecular weight is 215 g/mol. The summed E-state index contributed by atoms with van der Waals surface area (Å²) in [5.74, 6) is -1.15. The van der Waals surface area contributed by atoms with Crippen LogP contribution in [0.2, 0.25) is 0 Å². The quantitative estimate of drug-likeness (QED) is 0.733. The zero-order valence-electron chi connectivity index (χ0n) is 8.38. The van der Waals surface area contributed by atoms with Crippen LogP contribution in [-0.4, -0.2) is 24.2 Å². The lowest BCUT2D eigenvalue weighted by Gasteiger charge is -2.39. The molecule has 4 heteroatoms. The van der Waals surface area contributed by atoms with E-state index in [1.165, 1.54) is 12.1 Å². The highest BCUT2D eigenvalue weighted by molar-refractivity contribution is 5.22. The Morgan fingerprint density at radius 3 is 2.53 bits per heavy atom. The molecule has 0 radical (unpaired) electrons. The Balaban J connectivity index is 2.15. The summed E-state index contributed by atoms with van der Waals surface area (Å²) in [5, 5.41) is 0. The third-order valence-electron chi connectivity index (χ3n) is 2.83. The maximum Gasteiger partial charge on any atom is 0.130 e. The normalized spacial score (nSPS) is 20.0. The van der Waals surface area contributed by atoms with Crippen molar-refractivity contribution >= 4 is 0 Å². The van der Waals surface area contributed by atoms with Gasteiger partial charge in [-0.2, -0.15) is 0 Å². The van der Waals surface area contributed by atoms with Crippen LogP contribution in [0.25, 0.3) is 0 Å². The number of hydrogen-bond donors (Lipinski definition) is 0. The standard InChI is InChI=1S/C11H12F3N/c1-7(15-5-9(13)6-15)10-3-2-8(12)4-11(10)14/h2-4,7,9H,5-6H2,1H3. The fraction of sp³-hybridized carbons (Fsp3) is 0.455. The van der Waals surface area contributed by atoms with E-state index in [1.807, 2.05) is 4.90 Å². The second-order valence-corrected chi connectivity index (χ2v) is 3.89. The van der Waals surface area contributed by atoms with Crippen LogP contribution >= 0.6 is 0 Å². The van der Waals surface area contributed by atoms with Crippen LogP contribution in [0, 0.1) is 11.6 Å². The number of hydrogen-bond acceptors (Lipinski definition) is 1. The molecule has 1 aromatic carbocycles. The van der Waals surface area contributed by atoms with E-state index in [0.717, 1.165) is 6.07 Å². The van der Waals surface area contributed by atoms with Crippen LogP contribution in [0.15, 0.2) is 18.2 Å². The lowest BCUT2D eigenvalue weighted by Crippen LogP contribution is -2.49. The first-order valence-electron chi connectivity index (χ1n) is 4.91. The number of benzene rings is 1. The maximum absolute atomic E-state index is 13.4. The SMILES string of the molecule is CC(c1ccc(F)cc1F)N1CC(F)C1. The monoisotopic (exact) mass is 215 g/mol. The van der Waals surface area contributed by atoms with Crippen LogP contribution in [0.4, 0.5) is 13.2 Å². The van der Waals surface area contributed by atoms with Gasteiger partial charge in [-0.05, 0) is 13.0 Å². The number of likely N-dealkylation sites (tertiary alicyclic amines) is 1. The van der Waals surface area contributed by atoms with E-state index in [9.17, 15) is 13.2 Å². The lowest BCUT2D eigenvalue weighted by atomic mass is 10.0. The van der Waals surface area contributed by atoms with Crippen molar-refractivity contribution in [2.75, 3.05) is 13.1 Å². The predicted octanol–water partition coefficient (Wildman–Crippen LogP) is 2.68. The molecule has 1 heterocycles. The van der Waals surface area contributed by atoms with Gasteiger partial charge in [-0.25, -0.2) is 13.2 Å². The molecule has 0 saturated carbocycles. The topological polar surface area (TPSA) is 3.24 Å². The highest BCUT2D eigenvalue weighted by Crippen LogP contribution is 2.28. The zero-order chi connectivity index (χ0) is 11.0. The molecule has 0 amide bonds. The van der Waals surface area contributed by atoms with Crippen molar-refractivity contribution in [3.8, 4) is 0 Å². The highest BCUT2D eigenvalue weighted by Gasteiger charge is 2.31. The van der Waals surface area contributed by atoms with Crippen LogP contribution in [0.3, 0.4) is 0 Å². The molecule has 0 aliphatic carbocycles. The second kappa shape index (κ2) is 3.85. The van der Waals surface area contributed by atoms with Crippen LogP contribution < -0.4 is 0 Å². The van der Waals surface area contributed by atoms with Crippen LogP contribution in [0.1, 0.15) is 18.5 Å². The first-order chi connectivity index (χ1) is 7.08. The van der Waals surface area contributed by atoms with E-state index in [-0.39, 0.29) is 6.04 Å². The summed E-state index contributed by atoms with van der Waals surface area (Å²) in [6.07, 6.45) is -0.809. The summed E-state index contributed by atoms with van der Waals surface area (Å²) in [6.45, 7) is 2.46. The molecule has 1 atom stereocenters. The molecule has 1 aliphatic heterocycles. The molecule has 1 aromatic rings. The smallest absolute Gasteiger partial charge is 0.130 e. The predicted molar refractivity (Wildman–Crippen MR) is 51.2 cm³/mol. The summed E-state index contributed by atoms with van der Waals surface area (Å²) in [5.41, 5.74) is 0.420. The first-order valence-corrected chi connectivity index (χ1v) is 4.91. The van der Waals surface area contributed by atoms with Gasteiger partial charge in [0.25, 0.3) is 0 Å². The molecule has 0 spiro atoms. The van der Waals surface area contributed by atoms with Crippen LogP contribution in [-0.2, 0) is 0 Å². The van der Waals surface area contributed by atoms with Gasteiger partial charge >= 0.3 is 0 Å². The van der Waals surface area contributed by atoms with Crippen molar-refractivity contribution in [3.05, 3.63) is 35.4 Å². The van der Waals surface area contributed by atoms with Crippen molar-refractivity contribution in [3.63, 3.8) is 0 Å². The van der Waals surface area contributed by atoms with E-state index in [0.29, 0.717) is 18.7 Å². The van der Waals surface area contributed by atoms with Gasteiger partial charge in [-0.3, -0.25) is 4.90 Å². The Kier molecular flexibility index (Phi) is 2.69. The molecule has 0 N–H and O–H groups in total. The summed E-state index contributed by atoms with van der Waals surface area (Å²) in [4.78, 5) is 1.82. The molecule has 1 fully saturated rings. The third kappa shape index (κ3) is 2.00. The van der Waals surface area contributed by atoms with E-state index in [1.54, 1.807) is 6.92 Å². The number of halogens is 3. The van der Waals surface area contributed by atoms with Crippen molar-refractivity contribution in [2.45, 2.75) is 19.1 Å². The second-order valence-electron chi connectivity index (χ2n) is 3.89. The Morgan fingerprint density at radius 2 is 2.00 bits per heavy atom. The number of nitrogens with zero attached hydrogens (tertiary/aromatic N) is 1. The molecule has 1 nitrogen and oxygen atoms in total. The Hall–Kier alpha value is -1.03. The van der Waals surface area contributed by atoms with Gasteiger partial charge in [0.15, 0.2) is 0 Å². The minimum atomic E-state index is -0.809. The van der Waals surface area contributed by atoms with E-state index < -0.39 is 17.8 Å². The highest BCUT2D eigenvalue weighted by atomic mass is 19.1. The Morgan fingerprint density at radius 1 is 1.33 bits per heavy atom. The molecular weight excluding hydrogens is 203 g/mol. The minimum absolute atomic E-state index is 0.197. The van der Waals surface area contributed by atoms with Gasteiger partial charge in [-0.1, -0.05) is 6.07 Å². The zero-order valence-corrected chi connectivity index (χ0v) is 8.38.